The molecule has 0 heterocycles. The first kappa shape index (κ1) is 8.63. The van der Waals surface area contributed by atoms with Gasteiger partial charge in [-0.2, -0.15) is 0 Å². The highest BCUT2D eigenvalue weighted by atomic mass is 32.1. The molecular weight excluding hydrogens is 130 g/mol. The molecule has 1 nitrogen and oxygen atoms in total. The van der Waals surface area contributed by atoms with Crippen molar-refractivity contribution < 1.29 is 0 Å². The lowest BCUT2D eigenvalue weighted by atomic mass is 10.1. The Hall–Kier alpha value is -0.370. The van der Waals surface area contributed by atoms with E-state index in [1.807, 2.05) is 0 Å². The van der Waals surface area contributed by atoms with Gasteiger partial charge in [0, 0.05) is 5.54 Å². The van der Waals surface area contributed by atoms with Crippen LogP contribution in [0.1, 0.15) is 20.8 Å². The van der Waals surface area contributed by atoms with Crippen LogP contribution in [-0.2, 0) is 0 Å². The zero-order chi connectivity index (χ0) is 7.49. The van der Waals surface area contributed by atoms with Gasteiger partial charge in [0.1, 0.15) is 0 Å². The summed E-state index contributed by atoms with van der Waals surface area (Å²) in [7, 11) is 0. The summed E-state index contributed by atoms with van der Waals surface area (Å²) in [4.78, 5) is 0.711. The van der Waals surface area contributed by atoms with Crippen molar-refractivity contribution in [3.05, 3.63) is 12.7 Å². The molecule has 0 aromatic heterocycles. The van der Waals surface area contributed by atoms with Crippen LogP contribution in [0.2, 0.25) is 0 Å². The van der Waals surface area contributed by atoms with E-state index in [2.05, 4.69) is 32.7 Å². The van der Waals surface area contributed by atoms with Gasteiger partial charge < -0.3 is 5.32 Å². The Morgan fingerprint density at radius 2 is 2.00 bits per heavy atom. The molecule has 0 atom stereocenters. The average Bonchev–Trinajstić information content (AvgIpc) is 1.62. The van der Waals surface area contributed by atoms with Crippen molar-refractivity contribution >= 4 is 17.2 Å². The number of hydrogen-bond donors (Lipinski definition) is 1. The van der Waals surface area contributed by atoms with Crippen LogP contribution in [-0.4, -0.2) is 10.5 Å². The molecule has 0 saturated carbocycles. The van der Waals surface area contributed by atoms with E-state index in [1.165, 1.54) is 0 Å². The Morgan fingerprint density at radius 3 is 2.11 bits per heavy atom. The summed E-state index contributed by atoms with van der Waals surface area (Å²) in [6, 6.07) is 0. The zero-order valence-electron chi connectivity index (χ0n) is 6.19. The maximum absolute atomic E-state index is 4.87. The standard InChI is InChI=1S/C7H13NS/c1-5-6(9)8-7(2,3)4/h5H,1H2,2-4H3,(H,8,9). The first-order chi connectivity index (χ1) is 3.95. The summed E-state index contributed by atoms with van der Waals surface area (Å²) in [6.07, 6.45) is 1.64. The molecule has 0 aliphatic heterocycles. The van der Waals surface area contributed by atoms with E-state index in [-0.39, 0.29) is 5.54 Å². The lowest BCUT2D eigenvalue weighted by Crippen LogP contribution is -2.38. The fraction of sp³-hybridized carbons (Fsp3) is 0.571. The highest BCUT2D eigenvalue weighted by Crippen LogP contribution is 1.98. The highest BCUT2D eigenvalue weighted by molar-refractivity contribution is 7.80. The molecule has 0 aromatic rings. The third kappa shape index (κ3) is 5.50. The second-order valence-electron chi connectivity index (χ2n) is 2.94. The monoisotopic (exact) mass is 143 g/mol. The fourth-order valence-corrected chi connectivity index (χ4v) is 0.727. The number of rotatable bonds is 1. The van der Waals surface area contributed by atoms with Crippen molar-refractivity contribution in [2.75, 3.05) is 0 Å². The molecule has 0 fully saturated rings. The highest BCUT2D eigenvalue weighted by Gasteiger charge is 2.07. The summed E-state index contributed by atoms with van der Waals surface area (Å²) in [5.41, 5.74) is 0.0608. The van der Waals surface area contributed by atoms with Gasteiger partial charge in [0.15, 0.2) is 0 Å². The predicted octanol–water partition coefficient (Wildman–Crippen LogP) is 1.89. The molecule has 52 valence electrons. The van der Waals surface area contributed by atoms with E-state index in [1.54, 1.807) is 6.08 Å². The zero-order valence-corrected chi connectivity index (χ0v) is 7.01. The first-order valence-corrected chi connectivity index (χ1v) is 3.31. The number of hydrogen-bond acceptors (Lipinski definition) is 1. The Kier molecular flexibility index (Phi) is 2.85. The second kappa shape index (κ2) is 2.97. The van der Waals surface area contributed by atoms with Gasteiger partial charge in [-0.05, 0) is 26.8 Å². The van der Waals surface area contributed by atoms with E-state index < -0.39 is 0 Å². The Labute approximate surface area is 62.1 Å². The quantitative estimate of drug-likeness (QED) is 0.444. The van der Waals surface area contributed by atoms with Gasteiger partial charge in [0.2, 0.25) is 0 Å². The van der Waals surface area contributed by atoms with E-state index >= 15 is 0 Å². The SMILES string of the molecule is C=CC(=S)NC(C)(C)C. The van der Waals surface area contributed by atoms with Gasteiger partial charge in [0.05, 0.1) is 4.99 Å². The van der Waals surface area contributed by atoms with Crippen molar-refractivity contribution in [1.82, 2.24) is 5.32 Å². The van der Waals surface area contributed by atoms with Crippen molar-refractivity contribution in [3.8, 4) is 0 Å². The van der Waals surface area contributed by atoms with E-state index in [0.29, 0.717) is 4.99 Å². The molecule has 0 rings (SSSR count). The lowest BCUT2D eigenvalue weighted by Gasteiger charge is -2.20. The Balaban J connectivity index is 3.74. The molecule has 0 saturated heterocycles. The van der Waals surface area contributed by atoms with Crippen LogP contribution >= 0.6 is 12.2 Å². The third-order valence-electron chi connectivity index (χ3n) is 0.684. The smallest absolute Gasteiger partial charge is 0.0986 e. The molecule has 0 unspecified atom stereocenters. The van der Waals surface area contributed by atoms with E-state index in [9.17, 15) is 0 Å². The molecule has 0 radical (unpaired) electrons. The molecule has 0 aromatic carbocycles. The average molecular weight is 143 g/mol. The molecule has 0 amide bonds. The molecule has 0 aliphatic carbocycles. The second-order valence-corrected chi connectivity index (χ2v) is 3.38. The number of thiocarbonyl (C=S) groups is 1. The van der Waals surface area contributed by atoms with Crippen LogP contribution in [0.4, 0.5) is 0 Å². The maximum Gasteiger partial charge on any atom is 0.0986 e. The summed E-state index contributed by atoms with van der Waals surface area (Å²) in [5.74, 6) is 0. The topological polar surface area (TPSA) is 12.0 Å². The van der Waals surface area contributed by atoms with Gasteiger partial charge in [-0.1, -0.05) is 18.8 Å². The molecular formula is C7H13NS. The van der Waals surface area contributed by atoms with Gasteiger partial charge >= 0.3 is 0 Å². The third-order valence-corrected chi connectivity index (χ3v) is 0.952. The van der Waals surface area contributed by atoms with Crippen LogP contribution in [0.25, 0.3) is 0 Å². The van der Waals surface area contributed by atoms with E-state index in [0.717, 1.165) is 0 Å². The van der Waals surface area contributed by atoms with Crippen LogP contribution in [0.5, 0.6) is 0 Å². The minimum Gasteiger partial charge on any atom is -0.372 e. The first-order valence-electron chi connectivity index (χ1n) is 2.90. The number of nitrogens with one attached hydrogen (secondary N) is 1. The summed E-state index contributed by atoms with van der Waals surface area (Å²) in [6.45, 7) is 9.72. The predicted molar refractivity (Wildman–Crippen MR) is 45.7 cm³/mol. The molecule has 1 N–H and O–H groups in total. The van der Waals surface area contributed by atoms with Crippen molar-refractivity contribution in [3.63, 3.8) is 0 Å². The van der Waals surface area contributed by atoms with E-state index in [4.69, 9.17) is 12.2 Å². The molecule has 9 heavy (non-hydrogen) atoms. The molecule has 0 aliphatic rings. The Morgan fingerprint density at radius 1 is 1.56 bits per heavy atom. The van der Waals surface area contributed by atoms with Crippen molar-refractivity contribution in [2.45, 2.75) is 26.3 Å². The van der Waals surface area contributed by atoms with Gasteiger partial charge in [-0.25, -0.2) is 0 Å². The molecule has 0 spiro atoms. The normalized spacial score (nSPS) is 10.6. The van der Waals surface area contributed by atoms with Crippen molar-refractivity contribution in [1.29, 1.82) is 0 Å². The van der Waals surface area contributed by atoms with Crippen molar-refractivity contribution in [2.24, 2.45) is 0 Å². The maximum atomic E-state index is 4.87. The summed E-state index contributed by atoms with van der Waals surface area (Å²) >= 11 is 4.87. The van der Waals surface area contributed by atoms with Gasteiger partial charge in [-0.3, -0.25) is 0 Å². The Bertz CT molecular complexity index is 121. The lowest BCUT2D eigenvalue weighted by molar-refractivity contribution is 0.516. The van der Waals surface area contributed by atoms with Gasteiger partial charge in [-0.15, -0.1) is 0 Å². The van der Waals surface area contributed by atoms with Crippen LogP contribution < -0.4 is 5.32 Å². The minimum absolute atomic E-state index is 0.0608. The van der Waals surface area contributed by atoms with Crippen LogP contribution in [0.3, 0.4) is 0 Å². The molecule has 2 heteroatoms. The molecule has 0 bridgehead atoms. The van der Waals surface area contributed by atoms with Crippen LogP contribution in [0, 0.1) is 0 Å². The fourth-order valence-electron chi connectivity index (χ4n) is 0.421. The summed E-state index contributed by atoms with van der Waals surface area (Å²) in [5, 5.41) is 3.08. The van der Waals surface area contributed by atoms with Crippen LogP contribution in [0.15, 0.2) is 12.7 Å². The summed E-state index contributed by atoms with van der Waals surface area (Å²) < 4.78 is 0. The largest absolute Gasteiger partial charge is 0.372 e. The van der Waals surface area contributed by atoms with Gasteiger partial charge in [0.25, 0.3) is 0 Å². The minimum atomic E-state index is 0.0608.